The summed E-state index contributed by atoms with van der Waals surface area (Å²) in [5, 5.41) is 13.8. The summed E-state index contributed by atoms with van der Waals surface area (Å²) in [6.45, 7) is 5.37. The van der Waals surface area contributed by atoms with Gasteiger partial charge in [-0.15, -0.1) is 0 Å². The maximum atomic E-state index is 10.4. The van der Waals surface area contributed by atoms with Gasteiger partial charge in [0.25, 0.3) is 0 Å². The molecule has 29 heavy (non-hydrogen) atoms. The van der Waals surface area contributed by atoms with Crippen molar-refractivity contribution in [3.8, 4) is 0 Å². The summed E-state index contributed by atoms with van der Waals surface area (Å²) in [5.74, 6) is 0. The van der Waals surface area contributed by atoms with Gasteiger partial charge in [0.05, 0.1) is 6.10 Å². The SMILES string of the molecule is CCCCCCCCCCCCCCCCCCNC(C)C(O)c1ccccc1. The van der Waals surface area contributed by atoms with E-state index >= 15 is 0 Å². The molecule has 0 aliphatic carbocycles. The van der Waals surface area contributed by atoms with Crippen LogP contribution in [0.4, 0.5) is 0 Å². The zero-order valence-electron chi connectivity index (χ0n) is 19.5. The maximum Gasteiger partial charge on any atom is 0.0940 e. The molecular formula is C27H49NO. The number of benzene rings is 1. The molecule has 1 rings (SSSR count). The zero-order chi connectivity index (χ0) is 21.0. The highest BCUT2D eigenvalue weighted by atomic mass is 16.3. The lowest BCUT2D eigenvalue weighted by Gasteiger charge is -2.20. The van der Waals surface area contributed by atoms with Gasteiger partial charge < -0.3 is 10.4 Å². The van der Waals surface area contributed by atoms with Crippen LogP contribution in [0.25, 0.3) is 0 Å². The molecule has 2 atom stereocenters. The van der Waals surface area contributed by atoms with Gasteiger partial charge >= 0.3 is 0 Å². The van der Waals surface area contributed by atoms with Crippen LogP contribution >= 0.6 is 0 Å². The molecule has 1 aromatic rings. The number of aliphatic hydroxyl groups is 1. The Morgan fingerprint density at radius 1 is 0.655 bits per heavy atom. The van der Waals surface area contributed by atoms with Crippen LogP contribution in [-0.2, 0) is 0 Å². The number of rotatable bonds is 20. The van der Waals surface area contributed by atoms with E-state index in [1.54, 1.807) is 0 Å². The van der Waals surface area contributed by atoms with Crippen LogP contribution in [0.2, 0.25) is 0 Å². The number of hydrogen-bond donors (Lipinski definition) is 2. The van der Waals surface area contributed by atoms with E-state index in [0.29, 0.717) is 0 Å². The molecule has 0 amide bonds. The van der Waals surface area contributed by atoms with Gasteiger partial charge in [-0.2, -0.15) is 0 Å². The Hall–Kier alpha value is -0.860. The lowest BCUT2D eigenvalue weighted by atomic mass is 10.0. The van der Waals surface area contributed by atoms with E-state index in [2.05, 4.69) is 19.2 Å². The first-order chi connectivity index (χ1) is 14.3. The first-order valence-corrected chi connectivity index (χ1v) is 12.7. The average molecular weight is 404 g/mol. The fourth-order valence-corrected chi connectivity index (χ4v) is 4.05. The highest BCUT2D eigenvalue weighted by Gasteiger charge is 2.14. The number of unbranched alkanes of at least 4 members (excludes halogenated alkanes) is 15. The molecule has 2 heteroatoms. The van der Waals surface area contributed by atoms with Crippen molar-refractivity contribution in [3.05, 3.63) is 35.9 Å². The Balaban J connectivity index is 1.80. The summed E-state index contributed by atoms with van der Waals surface area (Å²) in [7, 11) is 0. The fraction of sp³-hybridized carbons (Fsp3) is 0.778. The van der Waals surface area contributed by atoms with Gasteiger partial charge in [-0.05, 0) is 25.5 Å². The molecule has 0 radical (unpaired) electrons. The van der Waals surface area contributed by atoms with Gasteiger partial charge in [0.15, 0.2) is 0 Å². The molecule has 2 N–H and O–H groups in total. The fourth-order valence-electron chi connectivity index (χ4n) is 4.05. The summed E-state index contributed by atoms with van der Waals surface area (Å²) in [4.78, 5) is 0. The van der Waals surface area contributed by atoms with E-state index in [1.807, 2.05) is 30.3 Å². The van der Waals surface area contributed by atoms with Crippen LogP contribution in [0.5, 0.6) is 0 Å². The Labute approximate surface area is 181 Å². The lowest BCUT2D eigenvalue weighted by Crippen LogP contribution is -2.32. The molecule has 0 aromatic heterocycles. The van der Waals surface area contributed by atoms with Crippen molar-refractivity contribution < 1.29 is 5.11 Å². The first-order valence-electron chi connectivity index (χ1n) is 12.7. The summed E-state index contributed by atoms with van der Waals surface area (Å²) in [6.07, 6.45) is 22.1. The summed E-state index contributed by atoms with van der Waals surface area (Å²) >= 11 is 0. The van der Waals surface area contributed by atoms with E-state index in [4.69, 9.17) is 0 Å². The molecule has 0 saturated carbocycles. The van der Waals surface area contributed by atoms with E-state index in [0.717, 1.165) is 12.1 Å². The van der Waals surface area contributed by atoms with Crippen LogP contribution in [0.3, 0.4) is 0 Å². The van der Waals surface area contributed by atoms with Crippen molar-refractivity contribution in [1.29, 1.82) is 0 Å². The van der Waals surface area contributed by atoms with Gasteiger partial charge in [0, 0.05) is 6.04 Å². The van der Waals surface area contributed by atoms with E-state index in [1.165, 1.54) is 103 Å². The molecule has 0 heterocycles. The molecular weight excluding hydrogens is 354 g/mol. The number of nitrogens with one attached hydrogen (secondary N) is 1. The van der Waals surface area contributed by atoms with E-state index in [-0.39, 0.29) is 6.04 Å². The number of aliphatic hydroxyl groups excluding tert-OH is 1. The molecule has 0 bridgehead atoms. The van der Waals surface area contributed by atoms with Crippen LogP contribution in [0.1, 0.15) is 128 Å². The predicted molar refractivity (Wildman–Crippen MR) is 128 cm³/mol. The largest absolute Gasteiger partial charge is 0.387 e. The second kappa shape index (κ2) is 19.1. The Morgan fingerprint density at radius 2 is 1.07 bits per heavy atom. The van der Waals surface area contributed by atoms with Gasteiger partial charge in [-0.3, -0.25) is 0 Å². The predicted octanol–water partition coefficient (Wildman–Crippen LogP) is 7.96. The summed E-state index contributed by atoms with van der Waals surface area (Å²) in [5.41, 5.74) is 1.000. The lowest BCUT2D eigenvalue weighted by molar-refractivity contribution is 0.136. The molecule has 0 saturated heterocycles. The minimum atomic E-state index is -0.419. The molecule has 1 aromatic carbocycles. The summed E-state index contributed by atoms with van der Waals surface area (Å²) in [6, 6.07) is 10.1. The van der Waals surface area contributed by atoms with Crippen molar-refractivity contribution in [2.24, 2.45) is 0 Å². The highest BCUT2D eigenvalue weighted by molar-refractivity contribution is 5.18. The van der Waals surface area contributed by atoms with Gasteiger partial charge in [0.1, 0.15) is 0 Å². The zero-order valence-corrected chi connectivity index (χ0v) is 19.5. The topological polar surface area (TPSA) is 32.3 Å². The molecule has 0 spiro atoms. The monoisotopic (exact) mass is 403 g/mol. The third kappa shape index (κ3) is 14.7. The Bertz CT molecular complexity index is 447. The van der Waals surface area contributed by atoms with Crippen molar-refractivity contribution >= 4 is 0 Å². The Kier molecular flexibility index (Phi) is 17.3. The summed E-state index contributed by atoms with van der Waals surface area (Å²) < 4.78 is 0. The maximum absolute atomic E-state index is 10.4. The standard InChI is InChI=1S/C27H49NO/c1-3-4-5-6-7-8-9-10-11-12-13-14-15-16-17-21-24-28-25(2)27(29)26-22-19-18-20-23-26/h18-20,22-23,25,27-29H,3-17,21,24H2,1-2H3. The molecule has 0 aliphatic heterocycles. The van der Waals surface area contributed by atoms with Gasteiger partial charge in [-0.1, -0.05) is 134 Å². The van der Waals surface area contributed by atoms with Crippen LogP contribution < -0.4 is 5.32 Å². The molecule has 0 fully saturated rings. The average Bonchev–Trinajstić information content (AvgIpc) is 2.75. The van der Waals surface area contributed by atoms with Crippen LogP contribution in [-0.4, -0.2) is 17.7 Å². The molecule has 0 aliphatic rings. The Morgan fingerprint density at radius 3 is 1.52 bits per heavy atom. The van der Waals surface area contributed by atoms with Crippen molar-refractivity contribution in [1.82, 2.24) is 5.32 Å². The van der Waals surface area contributed by atoms with E-state index < -0.39 is 6.10 Å². The number of hydrogen-bond acceptors (Lipinski definition) is 2. The van der Waals surface area contributed by atoms with Crippen molar-refractivity contribution in [3.63, 3.8) is 0 Å². The molecule has 2 nitrogen and oxygen atoms in total. The third-order valence-electron chi connectivity index (χ3n) is 6.11. The van der Waals surface area contributed by atoms with Crippen LogP contribution in [0.15, 0.2) is 30.3 Å². The minimum Gasteiger partial charge on any atom is -0.387 e. The minimum absolute atomic E-state index is 0.105. The quantitative estimate of drug-likeness (QED) is 0.216. The van der Waals surface area contributed by atoms with Crippen molar-refractivity contribution in [2.45, 2.75) is 129 Å². The molecule has 168 valence electrons. The first kappa shape index (κ1) is 26.2. The normalized spacial score (nSPS) is 13.5. The van der Waals surface area contributed by atoms with E-state index in [9.17, 15) is 5.11 Å². The molecule has 2 unspecified atom stereocenters. The van der Waals surface area contributed by atoms with Gasteiger partial charge in [-0.25, -0.2) is 0 Å². The second-order valence-electron chi connectivity index (χ2n) is 8.90. The second-order valence-corrected chi connectivity index (χ2v) is 8.90. The van der Waals surface area contributed by atoms with Crippen molar-refractivity contribution in [2.75, 3.05) is 6.54 Å². The highest BCUT2D eigenvalue weighted by Crippen LogP contribution is 2.16. The third-order valence-corrected chi connectivity index (χ3v) is 6.11. The smallest absolute Gasteiger partial charge is 0.0940 e. The van der Waals surface area contributed by atoms with Gasteiger partial charge in [0.2, 0.25) is 0 Å². The van der Waals surface area contributed by atoms with Crippen LogP contribution in [0, 0.1) is 0 Å².